The van der Waals surface area contributed by atoms with Gasteiger partial charge in [0.05, 0.1) is 11.1 Å². The number of rotatable bonds is 0. The summed E-state index contributed by atoms with van der Waals surface area (Å²) >= 11 is 5.87. The zero-order valence-corrected chi connectivity index (χ0v) is 8.75. The Bertz CT molecular complexity index is 646. The molecule has 78 valence electrons. The molecule has 0 radical (unpaired) electrons. The third kappa shape index (κ3) is 1.15. The van der Waals surface area contributed by atoms with E-state index in [4.69, 9.17) is 11.6 Å². The van der Waals surface area contributed by atoms with Gasteiger partial charge in [0.25, 0.3) is 0 Å². The molecule has 3 rings (SSSR count). The molecule has 0 fully saturated rings. The molecule has 1 heterocycles. The van der Waals surface area contributed by atoms with Crippen molar-refractivity contribution in [1.82, 2.24) is 0 Å². The van der Waals surface area contributed by atoms with Crippen molar-refractivity contribution >= 4 is 34.3 Å². The maximum atomic E-state index is 11.5. The second kappa shape index (κ2) is 3.06. The molecule has 0 aliphatic carbocycles. The number of halogens is 1. The van der Waals surface area contributed by atoms with Gasteiger partial charge in [-0.15, -0.1) is 0 Å². The van der Waals surface area contributed by atoms with Crippen LogP contribution in [0, 0.1) is 0 Å². The number of cyclic esters (lactones) is 2. The van der Waals surface area contributed by atoms with Gasteiger partial charge in [-0.05, 0) is 29.0 Å². The standard InChI is InChI=1S/C12H5ClO3/c13-7-3-1-6-2-4-8-10(9(6)5-7)12(15)16-11(8)14/h1-5H. The Kier molecular flexibility index (Phi) is 1.79. The van der Waals surface area contributed by atoms with Crippen LogP contribution in [0.25, 0.3) is 10.8 Å². The Balaban J connectivity index is 2.48. The predicted molar refractivity (Wildman–Crippen MR) is 58.7 cm³/mol. The monoisotopic (exact) mass is 232 g/mol. The summed E-state index contributed by atoms with van der Waals surface area (Å²) in [6.45, 7) is 0. The third-order valence-corrected chi connectivity index (χ3v) is 2.83. The molecule has 0 amide bonds. The topological polar surface area (TPSA) is 43.4 Å². The van der Waals surface area contributed by atoms with Gasteiger partial charge in [-0.1, -0.05) is 23.7 Å². The minimum Gasteiger partial charge on any atom is -0.386 e. The van der Waals surface area contributed by atoms with Crippen LogP contribution in [0.2, 0.25) is 5.02 Å². The summed E-state index contributed by atoms with van der Waals surface area (Å²) in [5.41, 5.74) is 0.616. The van der Waals surface area contributed by atoms with Crippen molar-refractivity contribution < 1.29 is 14.3 Å². The molecule has 0 unspecified atom stereocenters. The van der Waals surface area contributed by atoms with E-state index in [9.17, 15) is 9.59 Å². The number of fused-ring (bicyclic) bond motifs is 3. The van der Waals surface area contributed by atoms with E-state index in [2.05, 4.69) is 4.74 Å². The van der Waals surface area contributed by atoms with Crippen molar-refractivity contribution in [3.63, 3.8) is 0 Å². The predicted octanol–water partition coefficient (Wildman–Crippen LogP) is 2.80. The van der Waals surface area contributed by atoms with Crippen molar-refractivity contribution in [2.24, 2.45) is 0 Å². The molecule has 4 heteroatoms. The fourth-order valence-corrected chi connectivity index (χ4v) is 2.04. The van der Waals surface area contributed by atoms with Crippen LogP contribution in [0.4, 0.5) is 0 Å². The zero-order valence-electron chi connectivity index (χ0n) is 7.99. The van der Waals surface area contributed by atoms with Crippen molar-refractivity contribution in [3.05, 3.63) is 46.5 Å². The molecule has 0 saturated carbocycles. The van der Waals surface area contributed by atoms with Gasteiger partial charge in [-0.2, -0.15) is 0 Å². The average molecular weight is 233 g/mol. The minimum atomic E-state index is -0.604. The first-order valence-electron chi connectivity index (χ1n) is 4.65. The van der Waals surface area contributed by atoms with Crippen LogP contribution >= 0.6 is 11.6 Å². The zero-order chi connectivity index (χ0) is 11.3. The fraction of sp³-hybridized carbons (Fsp3) is 0. The molecule has 1 aliphatic rings. The SMILES string of the molecule is O=C1OC(=O)c2c1ccc1ccc(Cl)cc21. The second-order valence-corrected chi connectivity index (χ2v) is 3.97. The molecular formula is C12H5ClO3. The lowest BCUT2D eigenvalue weighted by molar-refractivity contribution is 0.0444. The number of esters is 2. The van der Waals surface area contributed by atoms with Crippen LogP contribution in [0.3, 0.4) is 0 Å². The molecule has 2 aromatic carbocycles. The van der Waals surface area contributed by atoms with Crippen molar-refractivity contribution in [2.75, 3.05) is 0 Å². The van der Waals surface area contributed by atoms with Gasteiger partial charge in [0, 0.05) is 5.02 Å². The number of benzene rings is 2. The lowest BCUT2D eigenvalue weighted by Gasteiger charge is -2.01. The number of hydrogen-bond donors (Lipinski definition) is 0. The summed E-state index contributed by atoms with van der Waals surface area (Å²) in [6.07, 6.45) is 0. The van der Waals surface area contributed by atoms with Crippen LogP contribution < -0.4 is 0 Å². The highest BCUT2D eigenvalue weighted by Gasteiger charge is 2.31. The first-order chi connectivity index (χ1) is 7.66. The van der Waals surface area contributed by atoms with Gasteiger partial charge in [-0.3, -0.25) is 0 Å². The van der Waals surface area contributed by atoms with Gasteiger partial charge in [-0.25, -0.2) is 9.59 Å². The summed E-state index contributed by atoms with van der Waals surface area (Å²) in [7, 11) is 0. The van der Waals surface area contributed by atoms with Crippen molar-refractivity contribution in [1.29, 1.82) is 0 Å². The maximum Gasteiger partial charge on any atom is 0.347 e. The van der Waals surface area contributed by atoms with Gasteiger partial charge >= 0.3 is 11.9 Å². The lowest BCUT2D eigenvalue weighted by atomic mass is 10.0. The summed E-state index contributed by atoms with van der Waals surface area (Å²) < 4.78 is 4.56. The second-order valence-electron chi connectivity index (χ2n) is 3.53. The molecule has 2 aromatic rings. The van der Waals surface area contributed by atoms with E-state index < -0.39 is 11.9 Å². The molecule has 0 atom stereocenters. The molecule has 1 aliphatic heterocycles. The Hall–Kier alpha value is -1.87. The normalized spacial score (nSPS) is 14.1. The fourth-order valence-electron chi connectivity index (χ4n) is 1.87. The third-order valence-electron chi connectivity index (χ3n) is 2.59. The average Bonchev–Trinajstić information content (AvgIpc) is 2.54. The smallest absolute Gasteiger partial charge is 0.347 e. The van der Waals surface area contributed by atoms with Gasteiger partial charge < -0.3 is 4.74 Å². The first-order valence-corrected chi connectivity index (χ1v) is 5.03. The molecule has 0 spiro atoms. The van der Waals surface area contributed by atoms with E-state index in [-0.39, 0.29) is 0 Å². The molecule has 3 nitrogen and oxygen atoms in total. The van der Waals surface area contributed by atoms with Crippen molar-refractivity contribution in [3.8, 4) is 0 Å². The highest BCUT2D eigenvalue weighted by Crippen LogP contribution is 2.30. The van der Waals surface area contributed by atoms with E-state index in [0.717, 1.165) is 5.39 Å². The molecule has 0 saturated heterocycles. The number of hydrogen-bond acceptors (Lipinski definition) is 3. The molecular weight excluding hydrogens is 228 g/mol. The highest BCUT2D eigenvalue weighted by molar-refractivity contribution is 6.32. The van der Waals surface area contributed by atoms with Crippen LogP contribution in [-0.2, 0) is 4.74 Å². The van der Waals surface area contributed by atoms with Crippen molar-refractivity contribution in [2.45, 2.75) is 0 Å². The Morgan fingerprint density at radius 2 is 1.75 bits per heavy atom. The number of ether oxygens (including phenoxy) is 1. The van der Waals surface area contributed by atoms with Gasteiger partial charge in [0.15, 0.2) is 0 Å². The van der Waals surface area contributed by atoms with Crippen LogP contribution in [0.15, 0.2) is 30.3 Å². The van der Waals surface area contributed by atoms with E-state index in [1.807, 2.05) is 0 Å². The van der Waals surface area contributed by atoms with Gasteiger partial charge in [0.2, 0.25) is 0 Å². The lowest BCUT2D eigenvalue weighted by Crippen LogP contribution is -1.97. The van der Waals surface area contributed by atoms with Crippen LogP contribution in [0.5, 0.6) is 0 Å². The van der Waals surface area contributed by atoms with E-state index >= 15 is 0 Å². The highest BCUT2D eigenvalue weighted by atomic mass is 35.5. The number of carbonyl (C=O) groups excluding carboxylic acids is 2. The maximum absolute atomic E-state index is 11.5. The van der Waals surface area contributed by atoms with Crippen LogP contribution in [0.1, 0.15) is 20.7 Å². The molecule has 0 aromatic heterocycles. The van der Waals surface area contributed by atoms with Gasteiger partial charge in [0.1, 0.15) is 0 Å². The van der Waals surface area contributed by atoms with E-state index in [0.29, 0.717) is 21.5 Å². The Labute approximate surface area is 95.6 Å². The Morgan fingerprint density at radius 3 is 2.56 bits per heavy atom. The largest absolute Gasteiger partial charge is 0.386 e. The number of carbonyl (C=O) groups is 2. The quantitative estimate of drug-likeness (QED) is 0.518. The Morgan fingerprint density at radius 1 is 1.00 bits per heavy atom. The summed E-state index contributed by atoms with van der Waals surface area (Å²) in [6, 6.07) is 8.56. The summed E-state index contributed by atoms with van der Waals surface area (Å²) in [5.74, 6) is -1.20. The van der Waals surface area contributed by atoms with E-state index in [1.54, 1.807) is 30.3 Å². The van der Waals surface area contributed by atoms with E-state index in [1.165, 1.54) is 0 Å². The minimum absolute atomic E-state index is 0.305. The first kappa shape index (κ1) is 9.36. The molecule has 0 bridgehead atoms. The molecule has 0 N–H and O–H groups in total. The van der Waals surface area contributed by atoms with Crippen LogP contribution in [-0.4, -0.2) is 11.9 Å². The summed E-state index contributed by atoms with van der Waals surface area (Å²) in [5, 5.41) is 2.03. The summed E-state index contributed by atoms with van der Waals surface area (Å²) in [4.78, 5) is 22.8. The molecule has 16 heavy (non-hydrogen) atoms.